The molecule has 90 valence electrons. The van der Waals surface area contributed by atoms with E-state index in [0.29, 0.717) is 11.5 Å². The maximum atomic E-state index is 11.3. The quantitative estimate of drug-likeness (QED) is 0.723. The predicted molar refractivity (Wildman–Crippen MR) is 67.3 cm³/mol. The first-order valence-corrected chi connectivity index (χ1v) is 8.63. The Morgan fingerprint density at radius 1 is 1.40 bits per heavy atom. The van der Waals surface area contributed by atoms with Crippen molar-refractivity contribution in [3.63, 3.8) is 0 Å². The van der Waals surface area contributed by atoms with E-state index in [-0.39, 0.29) is 5.54 Å². The van der Waals surface area contributed by atoms with Crippen molar-refractivity contribution in [1.82, 2.24) is 5.32 Å². The largest absolute Gasteiger partial charge is 0.310 e. The van der Waals surface area contributed by atoms with Crippen LogP contribution in [-0.4, -0.2) is 44.0 Å². The maximum absolute atomic E-state index is 11.3. The lowest BCUT2D eigenvalue weighted by Gasteiger charge is -2.23. The van der Waals surface area contributed by atoms with Crippen LogP contribution in [0.25, 0.3) is 0 Å². The van der Waals surface area contributed by atoms with Crippen LogP contribution in [0, 0.1) is 0 Å². The molecule has 0 aromatic heterocycles. The minimum Gasteiger partial charge on any atom is -0.310 e. The highest BCUT2D eigenvalue weighted by Crippen LogP contribution is 2.22. The van der Waals surface area contributed by atoms with Gasteiger partial charge in [-0.2, -0.15) is 11.8 Å². The molecule has 0 spiro atoms. The number of rotatable bonds is 6. The summed E-state index contributed by atoms with van der Waals surface area (Å²) in [5, 5.41) is 3.38. The molecule has 0 aromatic carbocycles. The van der Waals surface area contributed by atoms with Crippen molar-refractivity contribution in [1.29, 1.82) is 0 Å². The van der Waals surface area contributed by atoms with Crippen molar-refractivity contribution in [2.45, 2.75) is 31.7 Å². The smallest absolute Gasteiger partial charge is 0.152 e. The summed E-state index contributed by atoms with van der Waals surface area (Å²) in [6, 6.07) is 0. The van der Waals surface area contributed by atoms with Crippen molar-refractivity contribution in [2.24, 2.45) is 0 Å². The van der Waals surface area contributed by atoms with Gasteiger partial charge in [-0.1, -0.05) is 0 Å². The molecule has 1 rings (SSSR count). The first-order valence-electron chi connectivity index (χ1n) is 5.42. The highest BCUT2D eigenvalue weighted by Gasteiger charge is 2.37. The second-order valence-corrected chi connectivity index (χ2v) is 7.70. The third-order valence-corrected chi connectivity index (χ3v) is 5.43. The summed E-state index contributed by atoms with van der Waals surface area (Å²) in [5.41, 5.74) is -0.168. The summed E-state index contributed by atoms with van der Waals surface area (Å²) >= 11 is 1.86. The number of hydrogen-bond donors (Lipinski definition) is 1. The molecule has 1 unspecified atom stereocenters. The summed E-state index contributed by atoms with van der Waals surface area (Å²) < 4.78 is 22.7. The molecule has 1 aliphatic heterocycles. The molecular weight excluding hydrogens is 230 g/mol. The molecule has 0 aliphatic carbocycles. The first kappa shape index (κ1) is 13.3. The molecule has 3 nitrogen and oxygen atoms in total. The van der Waals surface area contributed by atoms with Crippen LogP contribution in [0.4, 0.5) is 0 Å². The molecular formula is C10H21NO2S2. The number of nitrogens with one attached hydrogen (secondary N) is 1. The summed E-state index contributed by atoms with van der Waals surface area (Å²) in [6.45, 7) is 2.96. The van der Waals surface area contributed by atoms with Gasteiger partial charge in [-0.05, 0) is 44.7 Å². The predicted octanol–water partition coefficient (Wildman–Crippen LogP) is 1.30. The lowest BCUT2D eigenvalue weighted by atomic mass is 10.0. The first-order chi connectivity index (χ1) is 6.97. The van der Waals surface area contributed by atoms with E-state index in [0.717, 1.165) is 19.4 Å². The highest BCUT2D eigenvalue weighted by atomic mass is 32.2. The lowest BCUT2D eigenvalue weighted by molar-refractivity contribution is 0.394. The zero-order valence-electron chi connectivity index (χ0n) is 9.58. The molecule has 0 saturated carbocycles. The van der Waals surface area contributed by atoms with E-state index in [1.165, 1.54) is 12.2 Å². The van der Waals surface area contributed by atoms with Crippen molar-refractivity contribution in [3.05, 3.63) is 0 Å². The Hall–Kier alpha value is 0.260. The monoisotopic (exact) mass is 251 g/mol. The standard InChI is InChI=1S/C10H21NO2S2/c1-10(5-8-15(12,13)9-10)11-6-3-4-7-14-2/h11H,3-9H2,1-2H3. The Kier molecular flexibility index (Phi) is 4.93. The van der Waals surface area contributed by atoms with E-state index in [1.807, 2.05) is 18.7 Å². The van der Waals surface area contributed by atoms with E-state index < -0.39 is 9.84 Å². The zero-order valence-corrected chi connectivity index (χ0v) is 11.2. The average Bonchev–Trinajstić information content (AvgIpc) is 2.41. The normalized spacial score (nSPS) is 29.5. The van der Waals surface area contributed by atoms with Crippen LogP contribution < -0.4 is 5.32 Å². The Morgan fingerprint density at radius 2 is 2.13 bits per heavy atom. The number of hydrogen-bond acceptors (Lipinski definition) is 4. The van der Waals surface area contributed by atoms with Crippen LogP contribution >= 0.6 is 11.8 Å². The third-order valence-electron chi connectivity index (χ3n) is 2.83. The van der Waals surface area contributed by atoms with Gasteiger partial charge in [0.05, 0.1) is 11.5 Å². The SMILES string of the molecule is CSCCCCNC1(C)CCS(=O)(=O)C1. The van der Waals surface area contributed by atoms with Crippen molar-refractivity contribution >= 4 is 21.6 Å². The Bertz CT molecular complexity index is 290. The molecule has 1 fully saturated rings. The van der Waals surface area contributed by atoms with Gasteiger partial charge in [0.1, 0.15) is 0 Å². The van der Waals surface area contributed by atoms with Gasteiger partial charge in [0.15, 0.2) is 9.84 Å². The van der Waals surface area contributed by atoms with Gasteiger partial charge in [-0.25, -0.2) is 8.42 Å². The van der Waals surface area contributed by atoms with Gasteiger partial charge in [0.25, 0.3) is 0 Å². The van der Waals surface area contributed by atoms with Crippen molar-refractivity contribution < 1.29 is 8.42 Å². The second kappa shape index (κ2) is 5.55. The summed E-state index contributed by atoms with van der Waals surface area (Å²) in [4.78, 5) is 0. The third kappa shape index (κ3) is 4.74. The molecule has 0 radical (unpaired) electrons. The zero-order chi connectivity index (χ0) is 11.4. The fourth-order valence-electron chi connectivity index (χ4n) is 1.91. The highest BCUT2D eigenvalue weighted by molar-refractivity contribution is 7.98. The minimum atomic E-state index is -2.77. The van der Waals surface area contributed by atoms with Gasteiger partial charge in [0.2, 0.25) is 0 Å². The van der Waals surface area contributed by atoms with Crippen LogP contribution in [0.2, 0.25) is 0 Å². The van der Waals surface area contributed by atoms with Gasteiger partial charge >= 0.3 is 0 Å². The van der Waals surface area contributed by atoms with E-state index >= 15 is 0 Å². The number of sulfone groups is 1. The van der Waals surface area contributed by atoms with E-state index in [4.69, 9.17) is 0 Å². The Balaban J connectivity index is 2.21. The molecule has 1 heterocycles. The van der Waals surface area contributed by atoms with Gasteiger partial charge in [0, 0.05) is 5.54 Å². The van der Waals surface area contributed by atoms with Crippen LogP contribution in [0.3, 0.4) is 0 Å². The molecule has 5 heteroatoms. The van der Waals surface area contributed by atoms with E-state index in [2.05, 4.69) is 11.6 Å². The molecule has 1 aliphatic rings. The van der Waals surface area contributed by atoms with Crippen LogP contribution in [0.1, 0.15) is 26.2 Å². The van der Waals surface area contributed by atoms with Crippen LogP contribution in [0.5, 0.6) is 0 Å². The van der Waals surface area contributed by atoms with Gasteiger partial charge in [-0.15, -0.1) is 0 Å². The Morgan fingerprint density at radius 3 is 2.67 bits per heavy atom. The summed E-state index contributed by atoms with van der Waals surface area (Å²) in [7, 11) is -2.77. The minimum absolute atomic E-state index is 0.168. The molecule has 0 bridgehead atoms. The second-order valence-electron chi connectivity index (χ2n) is 4.53. The lowest BCUT2D eigenvalue weighted by Crippen LogP contribution is -2.43. The molecule has 1 saturated heterocycles. The molecule has 1 atom stereocenters. The Labute approximate surface area is 97.3 Å². The van der Waals surface area contributed by atoms with Gasteiger partial charge < -0.3 is 5.32 Å². The van der Waals surface area contributed by atoms with E-state index in [1.54, 1.807) is 0 Å². The van der Waals surface area contributed by atoms with Gasteiger partial charge in [-0.3, -0.25) is 0 Å². The summed E-state index contributed by atoms with van der Waals surface area (Å²) in [6.07, 6.45) is 5.21. The fourth-order valence-corrected chi connectivity index (χ4v) is 4.53. The molecule has 0 amide bonds. The van der Waals surface area contributed by atoms with E-state index in [9.17, 15) is 8.42 Å². The molecule has 1 N–H and O–H groups in total. The molecule has 0 aromatic rings. The number of unbranched alkanes of at least 4 members (excludes halogenated alkanes) is 1. The fraction of sp³-hybridized carbons (Fsp3) is 1.00. The van der Waals surface area contributed by atoms with Crippen molar-refractivity contribution in [2.75, 3.05) is 30.1 Å². The summed E-state index contributed by atoms with van der Waals surface area (Å²) in [5.74, 6) is 1.85. The van der Waals surface area contributed by atoms with Crippen molar-refractivity contribution in [3.8, 4) is 0 Å². The average molecular weight is 251 g/mol. The topological polar surface area (TPSA) is 46.2 Å². The molecule has 15 heavy (non-hydrogen) atoms. The maximum Gasteiger partial charge on any atom is 0.152 e. The number of thioether (sulfide) groups is 1. The van der Waals surface area contributed by atoms with Crippen LogP contribution in [-0.2, 0) is 9.84 Å². The van der Waals surface area contributed by atoms with Crippen LogP contribution in [0.15, 0.2) is 0 Å².